The van der Waals surface area contributed by atoms with Gasteiger partial charge in [-0.3, -0.25) is 14.8 Å². The second kappa shape index (κ2) is 8.08. The predicted molar refractivity (Wildman–Crippen MR) is 112 cm³/mol. The molecule has 152 valence electrons. The molecule has 2 aromatic heterocycles. The molecule has 0 bridgehead atoms. The van der Waals surface area contributed by atoms with Crippen LogP contribution in [0.2, 0.25) is 0 Å². The Bertz CT molecular complexity index is 961. The maximum absolute atomic E-state index is 12.6. The fourth-order valence-electron chi connectivity index (χ4n) is 4.17. The van der Waals surface area contributed by atoms with E-state index in [9.17, 15) is 4.79 Å². The third kappa shape index (κ3) is 3.88. The number of nitrogens with two attached hydrogens (primary N) is 1. The van der Waals surface area contributed by atoms with Crippen molar-refractivity contribution in [3.8, 4) is 0 Å². The van der Waals surface area contributed by atoms with E-state index in [1.165, 1.54) is 5.01 Å². The number of carbonyl (C=O) groups excluding carboxylic acids is 1. The van der Waals surface area contributed by atoms with Crippen molar-refractivity contribution in [1.29, 1.82) is 0 Å². The Hall–Kier alpha value is -3.13. The normalized spacial score (nSPS) is 22.9. The molecule has 2 aromatic rings. The lowest BCUT2D eigenvalue weighted by molar-refractivity contribution is -0.126. The van der Waals surface area contributed by atoms with Crippen LogP contribution < -0.4 is 11.2 Å². The quantitative estimate of drug-likeness (QED) is 0.534. The smallest absolute Gasteiger partial charge is 0.223 e. The highest BCUT2D eigenvalue weighted by Crippen LogP contribution is 2.40. The maximum Gasteiger partial charge on any atom is 0.223 e. The van der Waals surface area contributed by atoms with Crippen molar-refractivity contribution in [2.75, 3.05) is 0 Å². The van der Waals surface area contributed by atoms with Gasteiger partial charge in [0.05, 0.1) is 17.9 Å². The molecule has 0 atom stereocenters. The lowest BCUT2D eigenvalue weighted by atomic mass is 9.79. The number of hydrazine groups is 1. The van der Waals surface area contributed by atoms with Crippen molar-refractivity contribution < 1.29 is 9.21 Å². The number of aromatic nitrogens is 1. The van der Waals surface area contributed by atoms with Crippen molar-refractivity contribution in [3.63, 3.8) is 0 Å². The van der Waals surface area contributed by atoms with Gasteiger partial charge >= 0.3 is 0 Å². The van der Waals surface area contributed by atoms with Gasteiger partial charge in [0.1, 0.15) is 23.7 Å². The summed E-state index contributed by atoms with van der Waals surface area (Å²) >= 11 is 0. The number of nitrogens with one attached hydrogen (secondary N) is 2. The number of carbonyl (C=O) groups is 1. The molecule has 0 radical (unpaired) electrons. The maximum atomic E-state index is 12.6. The Morgan fingerprint density at radius 1 is 1.34 bits per heavy atom. The average Bonchev–Trinajstić information content (AvgIpc) is 3.37. The average molecular weight is 394 g/mol. The minimum absolute atomic E-state index is 0.00286. The number of amides is 1. The molecule has 4 rings (SSSR count). The molecule has 8 nitrogen and oxygen atoms in total. The molecule has 3 heterocycles. The lowest BCUT2D eigenvalue weighted by Gasteiger charge is -2.31. The minimum Gasteiger partial charge on any atom is -0.465 e. The van der Waals surface area contributed by atoms with Crippen LogP contribution in [-0.2, 0) is 11.3 Å². The molecule has 4 N–H and O–H groups in total. The van der Waals surface area contributed by atoms with E-state index in [1.807, 2.05) is 31.3 Å². The summed E-state index contributed by atoms with van der Waals surface area (Å²) in [5.41, 5.74) is 2.61. The van der Waals surface area contributed by atoms with Crippen LogP contribution in [0.5, 0.6) is 0 Å². The van der Waals surface area contributed by atoms with Gasteiger partial charge in [-0.15, -0.1) is 0 Å². The van der Waals surface area contributed by atoms with Crippen LogP contribution in [0.4, 0.5) is 5.82 Å². The van der Waals surface area contributed by atoms with Crippen LogP contribution in [-0.4, -0.2) is 29.0 Å². The molecular formula is C21H26N6O2. The number of hydrogen-bond donors (Lipinski definition) is 3. The number of allylic oxidation sites excluding steroid dienone is 1. The van der Waals surface area contributed by atoms with E-state index < -0.39 is 0 Å². The van der Waals surface area contributed by atoms with Crippen molar-refractivity contribution in [2.24, 2.45) is 27.7 Å². The van der Waals surface area contributed by atoms with Crippen molar-refractivity contribution in [1.82, 2.24) is 15.3 Å². The molecule has 1 amide bonds. The van der Waals surface area contributed by atoms with E-state index >= 15 is 0 Å². The molecular weight excluding hydrogens is 368 g/mol. The molecule has 2 aliphatic rings. The molecule has 8 heteroatoms. The van der Waals surface area contributed by atoms with Crippen molar-refractivity contribution >= 4 is 30.5 Å². The van der Waals surface area contributed by atoms with Crippen LogP contribution in [0.25, 0.3) is 5.70 Å². The number of aliphatic imine (C=N–C) groups is 2. The summed E-state index contributed by atoms with van der Waals surface area (Å²) in [7, 11) is 0. The third-order valence-electron chi connectivity index (χ3n) is 5.68. The molecule has 0 aromatic carbocycles. The Labute approximate surface area is 169 Å². The van der Waals surface area contributed by atoms with Gasteiger partial charge in [-0.1, -0.05) is 0 Å². The van der Waals surface area contributed by atoms with Crippen LogP contribution in [0, 0.1) is 18.8 Å². The zero-order chi connectivity index (χ0) is 20.4. The second-order valence-corrected chi connectivity index (χ2v) is 7.56. The first-order chi connectivity index (χ1) is 14.1. The highest BCUT2D eigenvalue weighted by atomic mass is 16.3. The van der Waals surface area contributed by atoms with Gasteiger partial charge in [0.25, 0.3) is 0 Å². The molecule has 29 heavy (non-hydrogen) atoms. The first kappa shape index (κ1) is 19.2. The molecule has 0 saturated heterocycles. The van der Waals surface area contributed by atoms with Gasteiger partial charge < -0.3 is 14.7 Å². The number of rotatable bonds is 5. The number of H-pyrrole nitrogens is 1. The zero-order valence-electron chi connectivity index (χ0n) is 16.5. The molecule has 0 unspecified atom stereocenters. The Morgan fingerprint density at radius 3 is 2.79 bits per heavy atom. The fraction of sp³-hybridized carbons (Fsp3) is 0.381. The van der Waals surface area contributed by atoms with Crippen molar-refractivity contribution in [2.45, 2.75) is 39.2 Å². The number of aryl methyl sites for hydroxylation is 1. The van der Waals surface area contributed by atoms with Crippen LogP contribution in [0.1, 0.15) is 42.8 Å². The number of aromatic amines is 1. The van der Waals surface area contributed by atoms with E-state index in [1.54, 1.807) is 6.34 Å². The summed E-state index contributed by atoms with van der Waals surface area (Å²) < 4.78 is 5.51. The standard InChI is InChI=1S/C21H26N6O2/c1-13-3-8-16(29-13)11-25-21(28)15-6-4-14(5-7-15)18(23-2)19-17-9-10-24-20(17)26-12-27(19)22/h3,8-10,12,14-15,24H,2,4-7,11,22H2,1H3,(H,25,28)/b19-18-. The number of nitrogens with zero attached hydrogens (tertiary/aromatic N) is 3. The number of hydrogen-bond acceptors (Lipinski definition) is 6. The zero-order valence-corrected chi connectivity index (χ0v) is 16.5. The second-order valence-electron chi connectivity index (χ2n) is 7.56. The van der Waals surface area contributed by atoms with E-state index in [0.717, 1.165) is 60.0 Å². The topological polar surface area (TPSA) is 112 Å². The fourth-order valence-corrected chi connectivity index (χ4v) is 4.17. The summed E-state index contributed by atoms with van der Waals surface area (Å²) in [5, 5.41) is 4.49. The van der Waals surface area contributed by atoms with E-state index in [2.05, 4.69) is 27.0 Å². The van der Waals surface area contributed by atoms with Gasteiger partial charge in [0, 0.05) is 23.6 Å². The van der Waals surface area contributed by atoms with Gasteiger partial charge in [-0.05, 0) is 57.5 Å². The monoisotopic (exact) mass is 394 g/mol. The summed E-state index contributed by atoms with van der Waals surface area (Å²) in [4.78, 5) is 24.3. The van der Waals surface area contributed by atoms with Crippen LogP contribution >= 0.6 is 0 Å². The predicted octanol–water partition coefficient (Wildman–Crippen LogP) is 3.26. The van der Waals surface area contributed by atoms with Gasteiger partial charge in [0.2, 0.25) is 5.91 Å². The van der Waals surface area contributed by atoms with Gasteiger partial charge in [0.15, 0.2) is 0 Å². The molecule has 1 fully saturated rings. The van der Waals surface area contributed by atoms with Gasteiger partial charge in [-0.2, -0.15) is 0 Å². The van der Waals surface area contributed by atoms with Crippen LogP contribution in [0.3, 0.4) is 0 Å². The van der Waals surface area contributed by atoms with Gasteiger partial charge in [-0.25, -0.2) is 10.8 Å². The highest BCUT2D eigenvalue weighted by Gasteiger charge is 2.31. The lowest BCUT2D eigenvalue weighted by Crippen LogP contribution is -2.34. The SMILES string of the molecule is C=N/C(=C1/c2cc[nH]c2N=CN1N)C1CCC(C(=O)NCc2ccc(C)o2)CC1. The summed E-state index contributed by atoms with van der Waals surface area (Å²) in [6, 6.07) is 5.74. The Balaban J connectivity index is 1.41. The highest BCUT2D eigenvalue weighted by molar-refractivity contribution is 5.87. The van der Waals surface area contributed by atoms with Crippen molar-refractivity contribution in [3.05, 3.63) is 47.2 Å². The third-order valence-corrected chi connectivity index (χ3v) is 5.68. The largest absolute Gasteiger partial charge is 0.465 e. The van der Waals surface area contributed by atoms with Crippen LogP contribution in [0.15, 0.2) is 44.5 Å². The summed E-state index contributed by atoms with van der Waals surface area (Å²) in [5.74, 6) is 8.84. The summed E-state index contributed by atoms with van der Waals surface area (Å²) in [6.07, 6.45) is 6.75. The first-order valence-corrected chi connectivity index (χ1v) is 9.86. The summed E-state index contributed by atoms with van der Waals surface area (Å²) in [6.45, 7) is 6.10. The van der Waals surface area contributed by atoms with E-state index in [-0.39, 0.29) is 17.7 Å². The molecule has 1 saturated carbocycles. The number of furan rings is 1. The minimum atomic E-state index is 0.00286. The Morgan fingerprint density at radius 2 is 2.10 bits per heavy atom. The molecule has 1 aliphatic heterocycles. The molecule has 1 aliphatic carbocycles. The van der Waals surface area contributed by atoms with E-state index in [4.69, 9.17) is 10.3 Å². The number of fused-ring (bicyclic) bond motifs is 1. The Kier molecular flexibility index (Phi) is 5.35. The van der Waals surface area contributed by atoms with E-state index in [0.29, 0.717) is 6.54 Å². The first-order valence-electron chi connectivity index (χ1n) is 9.86. The molecule has 0 spiro atoms.